The molecular formula is C23H29FN6. The van der Waals surface area contributed by atoms with Gasteiger partial charge in [0.2, 0.25) is 0 Å². The van der Waals surface area contributed by atoms with Crippen molar-refractivity contribution in [3.05, 3.63) is 41.3 Å². The molecule has 0 spiro atoms. The standard InChI is InChI=1S/C23H29FN6/c1-4-28-9-6-18(20(24)14-28)19-11-21-17(10-15(19)2)13-25-30(21)23-12-22(26-16(3)27-23)29-7-5-8-29/h10-13,18,20H,4-9,14H2,1-3H3/t18-,20-/m1/s1. The van der Waals surface area contributed by atoms with E-state index in [1.54, 1.807) is 0 Å². The Morgan fingerprint density at radius 1 is 1.07 bits per heavy atom. The number of hydrogen-bond acceptors (Lipinski definition) is 5. The van der Waals surface area contributed by atoms with Crippen molar-refractivity contribution in [1.29, 1.82) is 0 Å². The summed E-state index contributed by atoms with van der Waals surface area (Å²) in [5.41, 5.74) is 3.22. The number of benzene rings is 1. The first-order valence-electron chi connectivity index (χ1n) is 11.0. The largest absolute Gasteiger partial charge is 0.356 e. The van der Waals surface area contributed by atoms with E-state index in [1.165, 1.54) is 6.42 Å². The zero-order chi connectivity index (χ0) is 20.8. The Hall–Kier alpha value is -2.54. The van der Waals surface area contributed by atoms with E-state index in [1.807, 2.05) is 23.9 Å². The van der Waals surface area contributed by atoms with Gasteiger partial charge in [-0.3, -0.25) is 0 Å². The van der Waals surface area contributed by atoms with E-state index in [-0.39, 0.29) is 5.92 Å². The maximum absolute atomic E-state index is 15.1. The number of likely N-dealkylation sites (tertiary alicyclic amines) is 1. The molecule has 3 aromatic rings. The maximum Gasteiger partial charge on any atom is 0.159 e. The number of halogens is 1. The van der Waals surface area contributed by atoms with Gasteiger partial charge < -0.3 is 9.80 Å². The van der Waals surface area contributed by atoms with Gasteiger partial charge in [-0.25, -0.2) is 19.0 Å². The molecule has 1 aromatic carbocycles. The summed E-state index contributed by atoms with van der Waals surface area (Å²) in [5.74, 6) is 2.40. The monoisotopic (exact) mass is 408 g/mol. The van der Waals surface area contributed by atoms with E-state index in [2.05, 4.69) is 50.8 Å². The molecule has 2 atom stereocenters. The second-order valence-electron chi connectivity index (χ2n) is 8.60. The molecule has 6 nitrogen and oxygen atoms in total. The Kier molecular flexibility index (Phi) is 4.93. The molecule has 7 heteroatoms. The molecule has 5 rings (SSSR count). The van der Waals surface area contributed by atoms with E-state index in [0.29, 0.717) is 6.54 Å². The number of rotatable bonds is 4. The molecule has 2 fully saturated rings. The van der Waals surface area contributed by atoms with Crippen molar-refractivity contribution < 1.29 is 4.39 Å². The fourth-order valence-electron chi connectivity index (χ4n) is 4.74. The van der Waals surface area contributed by atoms with Crippen LogP contribution >= 0.6 is 0 Å². The molecule has 0 unspecified atom stereocenters. The van der Waals surface area contributed by atoms with Gasteiger partial charge in [0.25, 0.3) is 0 Å². The number of piperidine rings is 1. The Bertz CT molecular complexity index is 1070. The van der Waals surface area contributed by atoms with E-state index in [9.17, 15) is 0 Å². The lowest BCUT2D eigenvalue weighted by Crippen LogP contribution is -2.40. The highest BCUT2D eigenvalue weighted by Crippen LogP contribution is 2.35. The molecule has 4 heterocycles. The van der Waals surface area contributed by atoms with Crippen LogP contribution < -0.4 is 4.90 Å². The molecular weight excluding hydrogens is 379 g/mol. The van der Waals surface area contributed by atoms with Gasteiger partial charge >= 0.3 is 0 Å². The average molecular weight is 409 g/mol. The highest BCUT2D eigenvalue weighted by Gasteiger charge is 2.31. The van der Waals surface area contributed by atoms with Crippen LogP contribution in [0.25, 0.3) is 16.7 Å². The number of aromatic nitrogens is 4. The number of nitrogens with zero attached hydrogens (tertiary/aromatic N) is 6. The Morgan fingerprint density at radius 3 is 2.57 bits per heavy atom. The van der Waals surface area contributed by atoms with Crippen LogP contribution in [0.2, 0.25) is 0 Å². The van der Waals surface area contributed by atoms with Crippen molar-refractivity contribution in [2.24, 2.45) is 0 Å². The molecule has 0 N–H and O–H groups in total. The van der Waals surface area contributed by atoms with Crippen molar-refractivity contribution in [3.63, 3.8) is 0 Å². The number of aryl methyl sites for hydroxylation is 2. The van der Waals surface area contributed by atoms with Crippen LogP contribution in [0.3, 0.4) is 0 Å². The molecule has 0 aliphatic carbocycles. The van der Waals surface area contributed by atoms with E-state index < -0.39 is 6.17 Å². The van der Waals surface area contributed by atoms with Crippen LogP contribution in [0.5, 0.6) is 0 Å². The Morgan fingerprint density at radius 2 is 1.87 bits per heavy atom. The van der Waals surface area contributed by atoms with Gasteiger partial charge in [0.05, 0.1) is 11.7 Å². The van der Waals surface area contributed by atoms with Gasteiger partial charge in [0.1, 0.15) is 17.8 Å². The van der Waals surface area contributed by atoms with Crippen LogP contribution in [0.4, 0.5) is 10.2 Å². The second kappa shape index (κ2) is 7.61. The molecule has 0 saturated carbocycles. The summed E-state index contributed by atoms with van der Waals surface area (Å²) in [6.45, 7) is 10.5. The highest BCUT2D eigenvalue weighted by atomic mass is 19.1. The second-order valence-corrected chi connectivity index (χ2v) is 8.60. The molecule has 0 amide bonds. The molecule has 30 heavy (non-hydrogen) atoms. The van der Waals surface area contributed by atoms with E-state index in [0.717, 1.165) is 72.1 Å². The van der Waals surface area contributed by atoms with Gasteiger partial charge in [-0.1, -0.05) is 6.92 Å². The summed E-state index contributed by atoms with van der Waals surface area (Å²) >= 11 is 0. The quantitative estimate of drug-likeness (QED) is 0.657. The van der Waals surface area contributed by atoms with Crippen molar-refractivity contribution in [1.82, 2.24) is 24.6 Å². The minimum atomic E-state index is -0.842. The number of hydrogen-bond donors (Lipinski definition) is 0. The fourth-order valence-corrected chi connectivity index (χ4v) is 4.74. The third kappa shape index (κ3) is 3.35. The summed E-state index contributed by atoms with van der Waals surface area (Å²) in [6.07, 6.45) is 3.08. The lowest BCUT2D eigenvalue weighted by Gasteiger charge is -2.35. The Labute approximate surface area is 176 Å². The zero-order valence-electron chi connectivity index (χ0n) is 18.0. The fraction of sp³-hybridized carbons (Fsp3) is 0.522. The van der Waals surface area contributed by atoms with Gasteiger partial charge in [-0.05, 0) is 63.0 Å². The molecule has 0 bridgehead atoms. The van der Waals surface area contributed by atoms with E-state index in [4.69, 9.17) is 0 Å². The van der Waals surface area contributed by atoms with Crippen molar-refractivity contribution in [2.75, 3.05) is 37.6 Å². The topological polar surface area (TPSA) is 50.1 Å². The molecule has 2 aliphatic rings. The molecule has 158 valence electrons. The van der Waals surface area contributed by atoms with Gasteiger partial charge in [-0.15, -0.1) is 0 Å². The maximum atomic E-state index is 15.1. The molecule has 2 saturated heterocycles. The molecule has 2 aromatic heterocycles. The highest BCUT2D eigenvalue weighted by molar-refractivity contribution is 5.82. The minimum Gasteiger partial charge on any atom is -0.356 e. The third-order valence-corrected chi connectivity index (χ3v) is 6.64. The van der Waals surface area contributed by atoms with Crippen LogP contribution in [-0.2, 0) is 0 Å². The molecule has 0 radical (unpaired) electrons. The predicted molar refractivity (Wildman–Crippen MR) is 117 cm³/mol. The van der Waals surface area contributed by atoms with Crippen molar-refractivity contribution in [2.45, 2.75) is 45.7 Å². The van der Waals surface area contributed by atoms with Gasteiger partial charge in [0, 0.05) is 37.0 Å². The van der Waals surface area contributed by atoms with Crippen LogP contribution in [0.1, 0.15) is 42.6 Å². The smallest absolute Gasteiger partial charge is 0.159 e. The van der Waals surface area contributed by atoms with Crippen LogP contribution in [-0.4, -0.2) is 63.5 Å². The average Bonchev–Trinajstić information content (AvgIpc) is 3.08. The first kappa shape index (κ1) is 19.4. The van der Waals surface area contributed by atoms with Crippen LogP contribution in [0.15, 0.2) is 24.4 Å². The SMILES string of the molecule is CCN1CC[C@H](c2cc3c(cnn3-c3cc(N4CCC4)nc(C)n3)cc2C)[C@H](F)C1. The minimum absolute atomic E-state index is 0.0654. The first-order chi connectivity index (χ1) is 14.5. The summed E-state index contributed by atoms with van der Waals surface area (Å²) in [4.78, 5) is 13.7. The normalized spacial score (nSPS) is 22.5. The summed E-state index contributed by atoms with van der Waals surface area (Å²) in [5, 5.41) is 5.68. The van der Waals surface area contributed by atoms with E-state index >= 15 is 4.39 Å². The first-order valence-corrected chi connectivity index (χ1v) is 11.0. The Balaban J connectivity index is 1.55. The predicted octanol–water partition coefficient (Wildman–Crippen LogP) is 3.79. The zero-order valence-corrected chi connectivity index (χ0v) is 18.0. The van der Waals surface area contributed by atoms with Gasteiger partial charge in [-0.2, -0.15) is 5.10 Å². The summed E-state index contributed by atoms with van der Waals surface area (Å²) in [6, 6.07) is 6.28. The number of alkyl halides is 1. The lowest BCUT2D eigenvalue weighted by atomic mass is 9.85. The van der Waals surface area contributed by atoms with Crippen molar-refractivity contribution in [3.8, 4) is 5.82 Å². The summed E-state index contributed by atoms with van der Waals surface area (Å²) < 4.78 is 16.9. The molecule has 2 aliphatic heterocycles. The number of anilines is 1. The van der Waals surface area contributed by atoms with Crippen LogP contribution in [0, 0.1) is 13.8 Å². The van der Waals surface area contributed by atoms with Gasteiger partial charge in [0.15, 0.2) is 5.82 Å². The number of fused-ring (bicyclic) bond motifs is 1. The summed E-state index contributed by atoms with van der Waals surface area (Å²) in [7, 11) is 0. The third-order valence-electron chi connectivity index (χ3n) is 6.64. The van der Waals surface area contributed by atoms with Crippen molar-refractivity contribution >= 4 is 16.7 Å². The lowest BCUT2D eigenvalue weighted by molar-refractivity contribution is 0.122.